The maximum absolute atomic E-state index is 9.81. The van der Waals surface area contributed by atoms with Gasteiger partial charge < -0.3 is 5.73 Å². The van der Waals surface area contributed by atoms with Gasteiger partial charge in [0.15, 0.2) is 5.70 Å². The quantitative estimate of drug-likeness (QED) is 0.425. The minimum absolute atomic E-state index is 0.407. The minimum atomic E-state index is -1.17. The van der Waals surface area contributed by atoms with Gasteiger partial charge in [0.05, 0.1) is 0 Å². The van der Waals surface area contributed by atoms with Gasteiger partial charge in [-0.05, 0) is 6.92 Å². The fraction of sp³-hybridized carbons (Fsp3) is 0.333. The predicted octanol–water partition coefficient (Wildman–Crippen LogP) is -0.312. The van der Waals surface area contributed by atoms with E-state index < -0.39 is 21.4 Å². The van der Waals surface area contributed by atoms with E-state index in [1.807, 2.05) is 0 Å². The molecule has 0 spiro atoms. The van der Waals surface area contributed by atoms with Crippen molar-refractivity contribution in [3.8, 4) is 0 Å². The van der Waals surface area contributed by atoms with Crippen LogP contribution in [0.4, 0.5) is 0 Å². The number of nitrogens with two attached hydrogens (primary N) is 1. The Kier molecular flexibility index (Phi) is 2.30. The lowest BCUT2D eigenvalue weighted by atomic mass is 10.5. The van der Waals surface area contributed by atoms with Crippen LogP contribution in [0.2, 0.25) is 0 Å². The molecule has 0 aromatic heterocycles. The van der Waals surface area contributed by atoms with E-state index in [0.717, 1.165) is 6.92 Å². The third-order valence-corrected chi connectivity index (χ3v) is 0.699. The van der Waals surface area contributed by atoms with Crippen LogP contribution >= 0.6 is 0 Å². The van der Waals surface area contributed by atoms with Crippen LogP contribution in [0.5, 0.6) is 0 Å². The van der Waals surface area contributed by atoms with Crippen LogP contribution < -0.4 is 5.73 Å². The van der Waals surface area contributed by atoms with Crippen LogP contribution in [0, 0.1) is 20.2 Å². The zero-order valence-corrected chi connectivity index (χ0v) is 5.10. The van der Waals surface area contributed by atoms with Gasteiger partial charge in [-0.15, -0.1) is 0 Å². The van der Waals surface area contributed by atoms with Gasteiger partial charge in [0.25, 0.3) is 0 Å². The van der Waals surface area contributed by atoms with Crippen LogP contribution in [0.15, 0.2) is 11.5 Å². The predicted molar refractivity (Wildman–Crippen MR) is 30.9 cm³/mol. The molecule has 10 heavy (non-hydrogen) atoms. The summed E-state index contributed by atoms with van der Waals surface area (Å²) >= 11 is 0. The third kappa shape index (κ3) is 1.69. The molecule has 0 rings (SSSR count). The van der Waals surface area contributed by atoms with Crippen molar-refractivity contribution in [2.24, 2.45) is 5.73 Å². The number of hydrogen-bond donors (Lipinski definition) is 1. The van der Waals surface area contributed by atoms with Gasteiger partial charge in [0.2, 0.25) is 0 Å². The number of allylic oxidation sites excluding steroid dienone is 1. The first-order valence-electron chi connectivity index (χ1n) is 2.22. The lowest BCUT2D eigenvalue weighted by Crippen LogP contribution is -2.14. The molecule has 56 valence electrons. The fourth-order valence-electron chi connectivity index (χ4n) is 0.355. The molecule has 0 atom stereocenters. The third-order valence-electron chi connectivity index (χ3n) is 0.699. The second kappa shape index (κ2) is 2.76. The van der Waals surface area contributed by atoms with E-state index in [1.54, 1.807) is 0 Å². The summed E-state index contributed by atoms with van der Waals surface area (Å²) in [6.07, 6.45) is 0. The van der Waals surface area contributed by atoms with Gasteiger partial charge in [-0.2, -0.15) is 0 Å². The van der Waals surface area contributed by atoms with Crippen molar-refractivity contribution < 1.29 is 9.85 Å². The summed E-state index contributed by atoms with van der Waals surface area (Å²) in [4.78, 5) is 17.4. The molecule has 2 N–H and O–H groups in total. The van der Waals surface area contributed by atoms with E-state index in [1.165, 1.54) is 0 Å². The first-order valence-corrected chi connectivity index (χ1v) is 2.22. The van der Waals surface area contributed by atoms with Gasteiger partial charge in [0.1, 0.15) is 9.85 Å². The van der Waals surface area contributed by atoms with Crippen LogP contribution in [0.3, 0.4) is 0 Å². The SMILES string of the molecule is CC(N)=C([N+](=O)[O-])[N+](=O)[O-]. The van der Waals surface area contributed by atoms with E-state index in [-0.39, 0.29) is 0 Å². The van der Waals surface area contributed by atoms with Gasteiger partial charge in [-0.25, -0.2) is 0 Å². The molecule has 0 aliphatic carbocycles. The summed E-state index contributed by atoms with van der Waals surface area (Å²) in [5.74, 6) is -1.17. The van der Waals surface area contributed by atoms with E-state index in [4.69, 9.17) is 5.73 Å². The minimum Gasteiger partial charge on any atom is -0.391 e. The molecule has 0 radical (unpaired) electrons. The van der Waals surface area contributed by atoms with Gasteiger partial charge in [0, 0.05) is 0 Å². The van der Waals surface area contributed by atoms with Crippen molar-refractivity contribution in [2.75, 3.05) is 0 Å². The summed E-state index contributed by atoms with van der Waals surface area (Å²) in [5.41, 5.74) is 4.43. The molecule has 0 heterocycles. The Hall–Kier alpha value is -1.66. The Morgan fingerprint density at radius 1 is 1.30 bits per heavy atom. The highest BCUT2D eigenvalue weighted by Gasteiger charge is 2.27. The van der Waals surface area contributed by atoms with Gasteiger partial charge >= 0.3 is 5.82 Å². The number of nitrogens with zero attached hydrogens (tertiary/aromatic N) is 2. The zero-order valence-electron chi connectivity index (χ0n) is 5.10. The van der Waals surface area contributed by atoms with Crippen molar-refractivity contribution in [3.63, 3.8) is 0 Å². The maximum Gasteiger partial charge on any atom is 0.577 e. The fourth-order valence-corrected chi connectivity index (χ4v) is 0.355. The Labute approximate surface area is 55.4 Å². The molecule has 0 aromatic carbocycles. The molecule has 0 unspecified atom stereocenters. The number of rotatable bonds is 2. The normalized spacial score (nSPS) is 8.50. The van der Waals surface area contributed by atoms with E-state index in [9.17, 15) is 20.2 Å². The smallest absolute Gasteiger partial charge is 0.391 e. The summed E-state index contributed by atoms with van der Waals surface area (Å²) < 4.78 is 0. The Morgan fingerprint density at radius 2 is 1.60 bits per heavy atom. The average molecular weight is 147 g/mol. The largest absolute Gasteiger partial charge is 0.577 e. The molecule has 0 saturated heterocycles. The van der Waals surface area contributed by atoms with Crippen molar-refractivity contribution in [2.45, 2.75) is 6.92 Å². The second-order valence-electron chi connectivity index (χ2n) is 1.52. The molecule has 0 saturated carbocycles. The molecular formula is C3H5N3O4. The van der Waals surface area contributed by atoms with Crippen molar-refractivity contribution in [1.29, 1.82) is 0 Å². The summed E-state index contributed by atoms with van der Waals surface area (Å²) in [7, 11) is 0. The van der Waals surface area contributed by atoms with Crippen molar-refractivity contribution in [1.82, 2.24) is 0 Å². The van der Waals surface area contributed by atoms with Crippen LogP contribution in [0.1, 0.15) is 6.92 Å². The highest BCUT2D eigenvalue weighted by atomic mass is 16.7. The standard InChI is InChI=1S/C3H5N3O4/c1-2(4)3(5(7)8)6(9)10/h4H2,1H3. The topological polar surface area (TPSA) is 112 Å². The highest BCUT2D eigenvalue weighted by molar-refractivity contribution is 4.90. The molecular weight excluding hydrogens is 142 g/mol. The monoisotopic (exact) mass is 147 g/mol. The van der Waals surface area contributed by atoms with Gasteiger partial charge in [-0.1, -0.05) is 0 Å². The Balaban J connectivity index is 4.79. The summed E-state index contributed by atoms with van der Waals surface area (Å²) in [5, 5.41) is 19.6. The van der Waals surface area contributed by atoms with E-state index >= 15 is 0 Å². The first kappa shape index (κ1) is 8.34. The van der Waals surface area contributed by atoms with Crippen molar-refractivity contribution in [3.05, 3.63) is 31.7 Å². The van der Waals surface area contributed by atoms with Crippen LogP contribution in [-0.4, -0.2) is 9.85 Å². The van der Waals surface area contributed by atoms with E-state index in [0.29, 0.717) is 0 Å². The number of hydrogen-bond acceptors (Lipinski definition) is 5. The first-order chi connectivity index (χ1) is 4.46. The zero-order chi connectivity index (χ0) is 8.31. The van der Waals surface area contributed by atoms with Gasteiger partial charge in [-0.3, -0.25) is 20.2 Å². The molecule has 0 aliphatic rings. The molecule has 7 heteroatoms. The highest BCUT2D eigenvalue weighted by Crippen LogP contribution is 1.98. The van der Waals surface area contributed by atoms with Crippen molar-refractivity contribution >= 4 is 0 Å². The Bertz CT molecular complexity index is 188. The second-order valence-corrected chi connectivity index (χ2v) is 1.52. The van der Waals surface area contributed by atoms with E-state index in [2.05, 4.69) is 0 Å². The van der Waals surface area contributed by atoms with Crippen LogP contribution in [0.25, 0.3) is 0 Å². The molecule has 0 aromatic rings. The lowest BCUT2D eigenvalue weighted by molar-refractivity contribution is -0.617. The molecule has 0 fully saturated rings. The molecule has 0 bridgehead atoms. The molecule has 7 nitrogen and oxygen atoms in total. The average Bonchev–Trinajstić information content (AvgIpc) is 1.59. The summed E-state index contributed by atoms with van der Waals surface area (Å²) in [6.45, 7) is 1.10. The number of nitro groups is 2. The summed E-state index contributed by atoms with van der Waals surface area (Å²) in [6, 6.07) is 0. The lowest BCUT2D eigenvalue weighted by Gasteiger charge is -1.87. The molecule has 0 amide bonds. The maximum atomic E-state index is 9.81. The van der Waals surface area contributed by atoms with Crippen LogP contribution in [-0.2, 0) is 0 Å². The Morgan fingerprint density at radius 3 is 1.60 bits per heavy atom. The molecule has 0 aliphatic heterocycles.